The van der Waals surface area contributed by atoms with Crippen molar-refractivity contribution in [1.82, 2.24) is 24.3 Å². The van der Waals surface area contributed by atoms with Crippen LogP contribution < -0.4 is 11.1 Å². The summed E-state index contributed by atoms with van der Waals surface area (Å²) in [7, 11) is 0. The summed E-state index contributed by atoms with van der Waals surface area (Å²) >= 11 is 0. The summed E-state index contributed by atoms with van der Waals surface area (Å²) < 4.78 is 40.8. The van der Waals surface area contributed by atoms with Crippen molar-refractivity contribution in [3.8, 4) is 11.3 Å². The Balaban J connectivity index is 1.28. The molecule has 2 amide bonds. The van der Waals surface area contributed by atoms with Gasteiger partial charge in [-0.25, -0.2) is 15.0 Å². The lowest BCUT2D eigenvalue weighted by Gasteiger charge is -2.34. The Morgan fingerprint density at radius 2 is 1.88 bits per heavy atom. The fourth-order valence-corrected chi connectivity index (χ4v) is 5.52. The zero-order chi connectivity index (χ0) is 28.2. The van der Waals surface area contributed by atoms with Gasteiger partial charge in [-0.2, -0.15) is 13.2 Å². The Morgan fingerprint density at radius 3 is 2.62 bits per heavy atom. The molecule has 0 aliphatic carbocycles. The first-order valence-corrected chi connectivity index (χ1v) is 12.7. The normalized spacial score (nSPS) is 21.1. The number of piperidine rings is 1. The van der Waals surface area contributed by atoms with E-state index in [-0.39, 0.29) is 35.1 Å². The summed E-state index contributed by atoms with van der Waals surface area (Å²) in [5, 5.41) is 12.4. The molecule has 0 spiro atoms. The van der Waals surface area contributed by atoms with Crippen molar-refractivity contribution in [1.29, 1.82) is 0 Å². The lowest BCUT2D eigenvalue weighted by Crippen LogP contribution is -2.42. The Morgan fingerprint density at radius 1 is 1.10 bits per heavy atom. The van der Waals surface area contributed by atoms with Crippen LogP contribution in [0.25, 0.3) is 16.8 Å². The third kappa shape index (κ3) is 4.51. The first-order chi connectivity index (χ1) is 19.1. The third-order valence-electron chi connectivity index (χ3n) is 7.49. The van der Waals surface area contributed by atoms with E-state index in [4.69, 9.17) is 10.7 Å². The van der Waals surface area contributed by atoms with E-state index in [1.165, 1.54) is 12.1 Å². The van der Waals surface area contributed by atoms with Crippen molar-refractivity contribution in [2.24, 2.45) is 0 Å². The Labute approximate surface area is 225 Å². The first-order valence-electron chi connectivity index (χ1n) is 12.7. The lowest BCUT2D eigenvalue weighted by molar-refractivity contribution is -0.137. The van der Waals surface area contributed by atoms with Crippen molar-refractivity contribution < 1.29 is 27.9 Å². The molecule has 10 nitrogen and oxygen atoms in total. The number of hydrogen-bond acceptors (Lipinski definition) is 7. The molecule has 3 aromatic heterocycles. The fourth-order valence-electron chi connectivity index (χ4n) is 5.52. The number of aliphatic hydroxyl groups excluding tert-OH is 1. The highest BCUT2D eigenvalue weighted by atomic mass is 19.4. The van der Waals surface area contributed by atoms with Gasteiger partial charge in [0.2, 0.25) is 0 Å². The van der Waals surface area contributed by atoms with Gasteiger partial charge in [-0.1, -0.05) is 12.1 Å². The number of pyridine rings is 1. The van der Waals surface area contributed by atoms with Crippen LogP contribution in [0.3, 0.4) is 0 Å². The first kappa shape index (κ1) is 25.7. The van der Waals surface area contributed by atoms with Crippen LogP contribution in [0.15, 0.2) is 55.0 Å². The van der Waals surface area contributed by atoms with E-state index < -0.39 is 23.8 Å². The maximum Gasteiger partial charge on any atom is 0.416 e. The second kappa shape index (κ2) is 9.59. The van der Waals surface area contributed by atoms with Crippen LogP contribution in [0.1, 0.15) is 46.9 Å². The topological polar surface area (TPSA) is 139 Å². The zero-order valence-electron chi connectivity index (χ0n) is 21.0. The number of benzene rings is 1. The number of nitrogens with one attached hydrogen (secondary N) is 1. The van der Waals surface area contributed by atoms with E-state index in [9.17, 15) is 27.9 Å². The number of rotatable bonds is 4. The van der Waals surface area contributed by atoms with E-state index in [0.29, 0.717) is 35.6 Å². The van der Waals surface area contributed by atoms with Gasteiger partial charge in [0.25, 0.3) is 11.8 Å². The molecular weight excluding hydrogens is 527 g/mol. The minimum atomic E-state index is -4.56. The summed E-state index contributed by atoms with van der Waals surface area (Å²) in [5.74, 6) is -0.209. The molecule has 3 atom stereocenters. The van der Waals surface area contributed by atoms with Crippen LogP contribution in [-0.4, -0.2) is 59.9 Å². The largest absolute Gasteiger partial charge is 0.416 e. The monoisotopic (exact) mass is 551 g/mol. The number of anilines is 2. The third-order valence-corrected chi connectivity index (χ3v) is 7.49. The number of imidazole rings is 1. The lowest BCUT2D eigenvalue weighted by atomic mass is 9.92. The van der Waals surface area contributed by atoms with Crippen LogP contribution in [0.5, 0.6) is 0 Å². The highest BCUT2D eigenvalue weighted by Crippen LogP contribution is 2.38. The number of nitrogens with zero attached hydrogens (tertiary/aromatic N) is 5. The molecule has 0 radical (unpaired) electrons. The standard InChI is InChI=1S/C27H24F3N7O3/c28-27(29,30)17-7-8-32-20(11-17)34-25(39)15-3-1-14(2-4-15)21-22-23(31)33-9-10-36(22)24(35-21)16-5-6-18-12-19(38)26(40)37(18)13-16/h1-4,7-11,16,18-19,38H,5-6,12-13H2,(H2,31,33)(H,32,34,39)/t16-,18+,19?/m0/s1. The van der Waals surface area contributed by atoms with Crippen molar-refractivity contribution in [2.75, 3.05) is 17.6 Å². The Hall–Kier alpha value is -4.52. The minimum Gasteiger partial charge on any atom is -0.383 e. The summed E-state index contributed by atoms with van der Waals surface area (Å²) in [5.41, 5.74) is 7.32. The molecule has 40 heavy (non-hydrogen) atoms. The van der Waals surface area contributed by atoms with Gasteiger partial charge in [0.05, 0.1) is 5.56 Å². The molecule has 1 aromatic carbocycles. The maximum absolute atomic E-state index is 13.0. The highest BCUT2D eigenvalue weighted by molar-refractivity contribution is 6.04. The summed E-state index contributed by atoms with van der Waals surface area (Å²) in [6, 6.07) is 8.03. The zero-order valence-corrected chi connectivity index (χ0v) is 21.0. The van der Waals surface area contributed by atoms with Gasteiger partial charge in [0, 0.05) is 54.6 Å². The van der Waals surface area contributed by atoms with Crippen molar-refractivity contribution >= 4 is 29.0 Å². The number of aliphatic hydroxyl groups is 1. The molecule has 2 fully saturated rings. The predicted octanol–water partition coefficient (Wildman–Crippen LogP) is 3.48. The Kier molecular flexibility index (Phi) is 6.17. The second-order valence-electron chi connectivity index (χ2n) is 9.98. The molecule has 206 valence electrons. The molecule has 5 heterocycles. The van der Waals surface area contributed by atoms with E-state index in [1.54, 1.807) is 29.4 Å². The molecule has 1 unspecified atom stereocenters. The van der Waals surface area contributed by atoms with Crippen molar-refractivity contribution in [2.45, 2.75) is 43.5 Å². The van der Waals surface area contributed by atoms with Gasteiger partial charge < -0.3 is 21.1 Å². The van der Waals surface area contributed by atoms with Crippen LogP contribution in [-0.2, 0) is 11.0 Å². The SMILES string of the molecule is Nc1nccn2c([C@H]3CC[C@@H]4CC(O)C(=O)N4C3)nc(-c3ccc(C(=O)Nc4cc(C(F)(F)F)ccn4)cc3)c12. The Bertz CT molecular complexity index is 1620. The minimum absolute atomic E-state index is 0.0287. The number of carbonyl (C=O) groups excluding carboxylic acids is 2. The van der Waals surface area contributed by atoms with Crippen molar-refractivity contribution in [3.63, 3.8) is 0 Å². The molecule has 2 aliphatic rings. The maximum atomic E-state index is 13.0. The second-order valence-corrected chi connectivity index (χ2v) is 9.98. The smallest absolute Gasteiger partial charge is 0.383 e. The number of alkyl halides is 3. The average Bonchev–Trinajstić information content (AvgIpc) is 3.46. The fraction of sp³-hybridized carbons (Fsp3) is 0.296. The van der Waals surface area contributed by atoms with Gasteiger partial charge >= 0.3 is 6.18 Å². The predicted molar refractivity (Wildman–Crippen MR) is 138 cm³/mol. The van der Waals surface area contributed by atoms with Gasteiger partial charge in [-0.3, -0.25) is 14.0 Å². The number of halogens is 3. The van der Waals surface area contributed by atoms with Crippen LogP contribution >= 0.6 is 0 Å². The molecule has 2 aliphatic heterocycles. The highest BCUT2D eigenvalue weighted by Gasteiger charge is 2.43. The quantitative estimate of drug-likeness (QED) is 0.353. The number of amides is 2. The van der Waals surface area contributed by atoms with Crippen LogP contribution in [0.2, 0.25) is 0 Å². The van der Waals surface area contributed by atoms with Crippen molar-refractivity contribution in [3.05, 3.63) is 71.9 Å². The summed E-state index contributed by atoms with van der Waals surface area (Å²) in [4.78, 5) is 39.8. The van der Waals surface area contributed by atoms with Gasteiger partial charge in [-0.05, 0) is 37.1 Å². The molecular formula is C27H24F3N7O3. The number of aromatic nitrogens is 4. The average molecular weight is 552 g/mol. The molecule has 4 aromatic rings. The number of carbonyl (C=O) groups is 2. The number of hydrogen-bond donors (Lipinski definition) is 3. The van der Waals surface area contributed by atoms with Gasteiger partial charge in [-0.15, -0.1) is 0 Å². The number of fused-ring (bicyclic) bond motifs is 2. The van der Waals surface area contributed by atoms with Crippen LogP contribution in [0, 0.1) is 0 Å². The molecule has 0 bridgehead atoms. The molecule has 13 heteroatoms. The number of nitrogens with two attached hydrogens (primary N) is 1. The number of nitrogen functional groups attached to an aromatic ring is 1. The molecule has 2 saturated heterocycles. The summed E-state index contributed by atoms with van der Waals surface area (Å²) in [6.07, 6.45) is 0.772. The van der Waals surface area contributed by atoms with Crippen LogP contribution in [0.4, 0.5) is 24.8 Å². The van der Waals surface area contributed by atoms with Gasteiger partial charge in [0.1, 0.15) is 34.8 Å². The van der Waals surface area contributed by atoms with E-state index in [1.807, 2.05) is 4.40 Å². The van der Waals surface area contributed by atoms with E-state index in [0.717, 1.165) is 31.2 Å². The molecule has 0 saturated carbocycles. The van der Waals surface area contributed by atoms with E-state index in [2.05, 4.69) is 15.3 Å². The summed E-state index contributed by atoms with van der Waals surface area (Å²) in [6.45, 7) is 0.435. The van der Waals surface area contributed by atoms with E-state index >= 15 is 0 Å². The molecule has 4 N–H and O–H groups in total. The van der Waals surface area contributed by atoms with Gasteiger partial charge in [0.15, 0.2) is 0 Å². The molecule has 6 rings (SSSR count).